The summed E-state index contributed by atoms with van der Waals surface area (Å²) in [5.41, 5.74) is 2.32. The van der Waals surface area contributed by atoms with Crippen molar-refractivity contribution in [2.75, 3.05) is 0 Å². The molecule has 1 N–H and O–H groups in total. The Kier molecular flexibility index (Phi) is 11.1. The summed E-state index contributed by atoms with van der Waals surface area (Å²) in [5, 5.41) is 0. The molecule has 1 rings (SSSR count). The average Bonchev–Trinajstić information content (AvgIpc) is 2.62. The normalized spacial score (nSPS) is 12.3. The molecule has 0 bridgehead atoms. The molecule has 1 aromatic rings. The van der Waals surface area contributed by atoms with Crippen molar-refractivity contribution < 1.29 is 17.7 Å². The molecular formula is C23H40O4S. The molecule has 1 aromatic carbocycles. The molecule has 0 saturated heterocycles. The molecule has 0 aliphatic carbocycles. The van der Waals surface area contributed by atoms with Crippen LogP contribution in [-0.2, 0) is 23.0 Å². The molecule has 162 valence electrons. The predicted octanol–water partition coefficient (Wildman–Crippen LogP) is 6.72. The molecule has 0 aliphatic rings. The molecule has 0 spiro atoms. The molecule has 5 heteroatoms. The molecule has 0 radical (unpaired) electrons. The highest BCUT2D eigenvalue weighted by Gasteiger charge is 2.35. The number of unbranched alkanes of at least 4 members (excludes halogenated alkanes) is 8. The lowest BCUT2D eigenvalue weighted by atomic mass is 9.99. The summed E-state index contributed by atoms with van der Waals surface area (Å²) in [6.45, 7) is 7.19. The molecule has 0 amide bonds. The van der Waals surface area contributed by atoms with Gasteiger partial charge < -0.3 is 4.74 Å². The zero-order valence-electron chi connectivity index (χ0n) is 18.3. The summed E-state index contributed by atoms with van der Waals surface area (Å²) in [4.78, 5) is -1.66. The fourth-order valence-corrected chi connectivity index (χ4v) is 3.45. The smallest absolute Gasteiger partial charge is 0.305 e. The van der Waals surface area contributed by atoms with Crippen LogP contribution in [0, 0.1) is 0 Å². The summed E-state index contributed by atoms with van der Waals surface area (Å²) in [7, 11) is -4.31. The third-order valence-electron chi connectivity index (χ3n) is 5.22. The number of hydrogen-bond acceptors (Lipinski definition) is 3. The molecule has 0 aliphatic heterocycles. The van der Waals surface area contributed by atoms with Crippen LogP contribution in [0.25, 0.3) is 0 Å². The maximum atomic E-state index is 11.6. The molecule has 0 unspecified atom stereocenters. The van der Waals surface area contributed by atoms with Crippen molar-refractivity contribution in [1.29, 1.82) is 0 Å². The molecule has 0 fully saturated rings. The van der Waals surface area contributed by atoms with E-state index in [0.717, 1.165) is 31.2 Å². The van der Waals surface area contributed by atoms with Gasteiger partial charge in [0, 0.05) is 0 Å². The van der Waals surface area contributed by atoms with E-state index >= 15 is 0 Å². The second-order valence-corrected chi connectivity index (χ2v) is 10.2. The number of ether oxygens (including phenoxy) is 1. The Balaban J connectivity index is 2.84. The Morgan fingerprint density at radius 3 is 1.93 bits per heavy atom. The molecule has 0 atom stereocenters. The third kappa shape index (κ3) is 8.95. The van der Waals surface area contributed by atoms with E-state index in [2.05, 4.69) is 19.9 Å². The molecule has 4 nitrogen and oxygen atoms in total. The van der Waals surface area contributed by atoms with Gasteiger partial charge in [0.15, 0.2) is 0 Å². The van der Waals surface area contributed by atoms with Crippen LogP contribution in [-0.4, -0.2) is 17.9 Å². The Labute approximate surface area is 172 Å². The van der Waals surface area contributed by atoms with Crippen molar-refractivity contribution in [1.82, 2.24) is 0 Å². The Hall–Kier alpha value is -1.07. The quantitative estimate of drug-likeness (QED) is 0.257. The van der Waals surface area contributed by atoms with Crippen molar-refractivity contribution in [3.63, 3.8) is 0 Å². The number of hydrogen-bond donors (Lipinski definition) is 1. The van der Waals surface area contributed by atoms with E-state index < -0.39 is 15.1 Å². The standard InChI is InChI=1S/C23H40O4S/c1-5-7-9-11-13-15-20-17-18-22(27-23(3,4)28(24,25)26)21(19-20)16-14-12-10-8-6-2/h17-19H,5-16H2,1-4H3,(H,24,25,26). The van der Waals surface area contributed by atoms with Crippen molar-refractivity contribution in [2.45, 2.75) is 110 Å². The van der Waals surface area contributed by atoms with Crippen LogP contribution < -0.4 is 4.74 Å². The minimum absolute atomic E-state index is 0.563. The second-order valence-electron chi connectivity index (χ2n) is 8.25. The minimum Gasteiger partial charge on any atom is -0.469 e. The monoisotopic (exact) mass is 412 g/mol. The second kappa shape index (κ2) is 12.5. The lowest BCUT2D eigenvalue weighted by molar-refractivity contribution is 0.177. The molecule has 0 heterocycles. The van der Waals surface area contributed by atoms with Gasteiger partial charge in [-0.2, -0.15) is 8.42 Å². The van der Waals surface area contributed by atoms with Crippen molar-refractivity contribution in [3.8, 4) is 5.75 Å². The van der Waals surface area contributed by atoms with Crippen LogP contribution in [0.2, 0.25) is 0 Å². The van der Waals surface area contributed by atoms with Crippen LogP contribution in [0.1, 0.15) is 103 Å². The first-order valence-corrected chi connectivity index (χ1v) is 12.4. The van der Waals surface area contributed by atoms with E-state index in [1.165, 1.54) is 70.8 Å². The summed E-state index contributed by atoms with van der Waals surface area (Å²) in [6, 6.07) is 6.06. The lowest BCUT2D eigenvalue weighted by Crippen LogP contribution is -2.37. The number of benzene rings is 1. The van der Waals surface area contributed by atoms with Gasteiger partial charge in [0.05, 0.1) is 0 Å². The van der Waals surface area contributed by atoms with Crippen molar-refractivity contribution in [3.05, 3.63) is 29.3 Å². The van der Waals surface area contributed by atoms with Gasteiger partial charge in [-0.25, -0.2) is 0 Å². The van der Waals surface area contributed by atoms with E-state index in [0.29, 0.717) is 5.75 Å². The predicted molar refractivity (Wildman–Crippen MR) is 118 cm³/mol. The minimum atomic E-state index is -4.31. The van der Waals surface area contributed by atoms with Crippen LogP contribution in [0.3, 0.4) is 0 Å². The fourth-order valence-electron chi connectivity index (χ4n) is 3.25. The van der Waals surface area contributed by atoms with Crippen LogP contribution in [0.15, 0.2) is 18.2 Å². The van der Waals surface area contributed by atoms with E-state index in [-0.39, 0.29) is 0 Å². The van der Waals surface area contributed by atoms with Crippen LogP contribution >= 0.6 is 0 Å². The number of aryl methyl sites for hydroxylation is 2. The van der Waals surface area contributed by atoms with E-state index in [1.54, 1.807) is 0 Å². The lowest BCUT2D eigenvalue weighted by Gasteiger charge is -2.25. The van der Waals surface area contributed by atoms with Gasteiger partial charge in [-0.1, -0.05) is 77.3 Å². The summed E-state index contributed by atoms with van der Waals surface area (Å²) in [6.07, 6.45) is 14.0. The van der Waals surface area contributed by atoms with Gasteiger partial charge in [0.1, 0.15) is 5.75 Å². The summed E-state index contributed by atoms with van der Waals surface area (Å²) >= 11 is 0. The van der Waals surface area contributed by atoms with Gasteiger partial charge in [0.25, 0.3) is 0 Å². The highest BCUT2D eigenvalue weighted by molar-refractivity contribution is 7.87. The first-order chi connectivity index (χ1) is 13.2. The zero-order valence-corrected chi connectivity index (χ0v) is 19.1. The topological polar surface area (TPSA) is 63.6 Å². The molecule has 0 saturated carbocycles. The van der Waals surface area contributed by atoms with Gasteiger partial charge in [-0.15, -0.1) is 0 Å². The van der Waals surface area contributed by atoms with Crippen LogP contribution in [0.4, 0.5) is 0 Å². The van der Waals surface area contributed by atoms with Crippen molar-refractivity contribution in [2.24, 2.45) is 0 Å². The van der Waals surface area contributed by atoms with Gasteiger partial charge in [0.2, 0.25) is 4.93 Å². The van der Waals surface area contributed by atoms with E-state index in [1.807, 2.05) is 12.1 Å². The Morgan fingerprint density at radius 1 is 0.857 bits per heavy atom. The van der Waals surface area contributed by atoms with Gasteiger partial charge in [-0.3, -0.25) is 4.55 Å². The largest absolute Gasteiger partial charge is 0.469 e. The van der Waals surface area contributed by atoms with Gasteiger partial charge >= 0.3 is 10.1 Å². The molecule has 0 aromatic heterocycles. The maximum Gasteiger partial charge on any atom is 0.305 e. The third-order valence-corrected chi connectivity index (χ3v) is 6.55. The van der Waals surface area contributed by atoms with Crippen molar-refractivity contribution >= 4 is 10.1 Å². The highest BCUT2D eigenvalue weighted by Crippen LogP contribution is 2.29. The van der Waals surface area contributed by atoms with E-state index in [9.17, 15) is 13.0 Å². The highest BCUT2D eigenvalue weighted by atomic mass is 32.2. The molecular weight excluding hydrogens is 372 g/mol. The SMILES string of the molecule is CCCCCCCc1ccc(OC(C)(C)S(=O)(=O)O)c(CCCCCCC)c1. The Bertz CT molecular complexity index is 665. The maximum absolute atomic E-state index is 11.6. The first-order valence-electron chi connectivity index (χ1n) is 11.0. The first kappa shape index (κ1) is 25.0. The summed E-state index contributed by atoms with van der Waals surface area (Å²) < 4.78 is 38.5. The van der Waals surface area contributed by atoms with Gasteiger partial charge in [-0.05, 0) is 56.7 Å². The average molecular weight is 413 g/mol. The number of rotatable bonds is 15. The van der Waals surface area contributed by atoms with E-state index in [4.69, 9.17) is 4.74 Å². The molecule has 28 heavy (non-hydrogen) atoms. The zero-order chi connectivity index (χ0) is 21.0. The van der Waals surface area contributed by atoms with Crippen LogP contribution in [0.5, 0.6) is 5.75 Å². The Morgan fingerprint density at radius 2 is 1.39 bits per heavy atom. The fraction of sp³-hybridized carbons (Fsp3) is 0.739. The summed E-state index contributed by atoms with van der Waals surface area (Å²) in [5.74, 6) is 0.563.